The van der Waals surface area contributed by atoms with Gasteiger partial charge in [0.2, 0.25) is 5.91 Å². The second-order valence-corrected chi connectivity index (χ2v) is 5.83. The van der Waals surface area contributed by atoms with Crippen LogP contribution in [0.2, 0.25) is 0 Å². The van der Waals surface area contributed by atoms with E-state index >= 15 is 0 Å². The lowest BCUT2D eigenvalue weighted by Gasteiger charge is -2.28. The van der Waals surface area contributed by atoms with Gasteiger partial charge in [0, 0.05) is 13.2 Å². The van der Waals surface area contributed by atoms with Gasteiger partial charge in [0.05, 0.1) is 17.6 Å². The van der Waals surface area contributed by atoms with Crippen molar-refractivity contribution in [3.8, 4) is 0 Å². The molecule has 1 aliphatic rings. The van der Waals surface area contributed by atoms with Crippen molar-refractivity contribution < 1.29 is 22.7 Å². The lowest BCUT2D eigenvalue weighted by atomic mass is 9.91. The molecular weight excluding hydrogens is 345 g/mol. The molecule has 1 aromatic carbocycles. The number of nitrogens with one attached hydrogen (secondary N) is 1. The first-order valence-electron chi connectivity index (χ1n) is 7.60. The first-order chi connectivity index (χ1) is 10.8. The summed E-state index contributed by atoms with van der Waals surface area (Å²) in [6.07, 6.45) is -2.89. The Morgan fingerprint density at radius 3 is 2.29 bits per heavy atom. The zero-order chi connectivity index (χ0) is 17.0. The van der Waals surface area contributed by atoms with Crippen molar-refractivity contribution in [3.63, 3.8) is 0 Å². The molecule has 1 fully saturated rings. The molecule has 136 valence electrons. The Bertz CT molecular complexity index is 531. The predicted molar refractivity (Wildman–Crippen MR) is 86.8 cm³/mol. The van der Waals surface area contributed by atoms with Gasteiger partial charge in [-0.05, 0) is 43.4 Å². The normalized spacial score (nSPS) is 18.4. The highest BCUT2D eigenvalue weighted by atomic mass is 35.5. The monoisotopic (exact) mass is 366 g/mol. The molecule has 0 saturated carbocycles. The van der Waals surface area contributed by atoms with Crippen molar-refractivity contribution in [1.29, 1.82) is 0 Å². The predicted octanol–water partition coefficient (Wildman–Crippen LogP) is 3.06. The van der Waals surface area contributed by atoms with Gasteiger partial charge in [-0.1, -0.05) is 12.1 Å². The first-order valence-corrected chi connectivity index (χ1v) is 7.60. The van der Waals surface area contributed by atoms with E-state index in [1.807, 2.05) is 0 Å². The third-order valence-corrected chi connectivity index (χ3v) is 4.17. The molecule has 1 heterocycles. The van der Waals surface area contributed by atoms with Crippen LogP contribution >= 0.6 is 12.4 Å². The maximum absolute atomic E-state index is 12.5. The Morgan fingerprint density at radius 1 is 1.25 bits per heavy atom. The second-order valence-electron chi connectivity index (χ2n) is 5.83. The largest absolute Gasteiger partial charge is 0.416 e. The van der Waals surface area contributed by atoms with Gasteiger partial charge in [0.25, 0.3) is 0 Å². The summed E-state index contributed by atoms with van der Waals surface area (Å²) in [5.74, 6) is -0.215. The lowest BCUT2D eigenvalue weighted by molar-refractivity contribution is -0.137. The Balaban J connectivity index is 0.00000288. The molecule has 0 bridgehead atoms. The molecule has 0 aromatic heterocycles. The van der Waals surface area contributed by atoms with Crippen LogP contribution in [0, 0.1) is 5.92 Å². The standard InChI is InChI=1S/C16H21F3N2O2.ClH/c1-10(11-2-4-13(5-3-11)16(17,18)19)21-15(22)14(20)12-6-8-23-9-7-12;/h2-5,10,12,14H,6-9,20H2,1H3,(H,21,22);1H. The highest BCUT2D eigenvalue weighted by Gasteiger charge is 2.30. The molecule has 3 N–H and O–H groups in total. The van der Waals surface area contributed by atoms with Crippen LogP contribution in [0.4, 0.5) is 13.2 Å². The van der Waals surface area contributed by atoms with E-state index in [0.29, 0.717) is 18.8 Å². The molecule has 2 unspecified atom stereocenters. The molecule has 1 amide bonds. The average Bonchev–Trinajstić information content (AvgIpc) is 2.54. The minimum atomic E-state index is -4.36. The molecule has 24 heavy (non-hydrogen) atoms. The zero-order valence-corrected chi connectivity index (χ0v) is 14.1. The van der Waals surface area contributed by atoms with Crippen LogP contribution in [0.1, 0.15) is 36.9 Å². The Morgan fingerprint density at radius 2 is 1.79 bits per heavy atom. The summed E-state index contributed by atoms with van der Waals surface area (Å²) < 4.78 is 42.9. The third kappa shape index (κ3) is 5.36. The summed E-state index contributed by atoms with van der Waals surface area (Å²) >= 11 is 0. The SMILES string of the molecule is CC(NC(=O)C(N)C1CCOCC1)c1ccc(C(F)(F)F)cc1.Cl. The van der Waals surface area contributed by atoms with E-state index in [0.717, 1.165) is 25.0 Å². The number of hydrogen-bond acceptors (Lipinski definition) is 3. The van der Waals surface area contributed by atoms with E-state index in [1.54, 1.807) is 6.92 Å². The van der Waals surface area contributed by atoms with Crippen molar-refractivity contribution in [2.75, 3.05) is 13.2 Å². The van der Waals surface area contributed by atoms with E-state index < -0.39 is 23.8 Å². The van der Waals surface area contributed by atoms with Gasteiger partial charge < -0.3 is 15.8 Å². The van der Waals surface area contributed by atoms with Crippen LogP contribution in [0.15, 0.2) is 24.3 Å². The maximum atomic E-state index is 12.5. The number of halogens is 4. The Labute approximate surface area is 145 Å². The summed E-state index contributed by atoms with van der Waals surface area (Å²) in [5.41, 5.74) is 5.88. The fourth-order valence-electron chi connectivity index (χ4n) is 2.64. The fourth-order valence-corrected chi connectivity index (χ4v) is 2.64. The van der Waals surface area contributed by atoms with Crippen LogP contribution in [0.5, 0.6) is 0 Å². The molecule has 8 heteroatoms. The van der Waals surface area contributed by atoms with Gasteiger partial charge in [-0.15, -0.1) is 12.4 Å². The number of amides is 1. The molecule has 0 aliphatic carbocycles. The number of nitrogens with two attached hydrogens (primary N) is 1. The Hall–Kier alpha value is -1.31. The highest BCUT2D eigenvalue weighted by molar-refractivity contribution is 5.85. The van der Waals surface area contributed by atoms with Crippen LogP contribution < -0.4 is 11.1 Å². The molecule has 2 rings (SSSR count). The van der Waals surface area contributed by atoms with Crippen molar-refractivity contribution in [2.45, 2.75) is 38.0 Å². The summed E-state index contributed by atoms with van der Waals surface area (Å²) in [4.78, 5) is 12.2. The number of carbonyl (C=O) groups is 1. The minimum Gasteiger partial charge on any atom is -0.381 e. The summed E-state index contributed by atoms with van der Waals surface area (Å²) in [7, 11) is 0. The molecule has 0 radical (unpaired) electrons. The molecule has 1 saturated heterocycles. The molecule has 1 aliphatic heterocycles. The average molecular weight is 367 g/mol. The van der Waals surface area contributed by atoms with Crippen molar-refractivity contribution in [1.82, 2.24) is 5.32 Å². The van der Waals surface area contributed by atoms with Gasteiger partial charge in [-0.2, -0.15) is 13.2 Å². The van der Waals surface area contributed by atoms with E-state index in [9.17, 15) is 18.0 Å². The number of ether oxygens (including phenoxy) is 1. The topological polar surface area (TPSA) is 64.4 Å². The molecule has 4 nitrogen and oxygen atoms in total. The number of alkyl halides is 3. The van der Waals surface area contributed by atoms with Crippen molar-refractivity contribution in [3.05, 3.63) is 35.4 Å². The van der Waals surface area contributed by atoms with Gasteiger partial charge in [-0.25, -0.2) is 0 Å². The van der Waals surface area contributed by atoms with E-state index in [1.165, 1.54) is 12.1 Å². The van der Waals surface area contributed by atoms with E-state index in [2.05, 4.69) is 5.32 Å². The van der Waals surface area contributed by atoms with Gasteiger partial charge in [0.1, 0.15) is 0 Å². The number of rotatable bonds is 4. The van der Waals surface area contributed by atoms with Crippen LogP contribution in [0.3, 0.4) is 0 Å². The molecule has 2 atom stereocenters. The smallest absolute Gasteiger partial charge is 0.381 e. The van der Waals surface area contributed by atoms with Gasteiger partial charge >= 0.3 is 6.18 Å². The van der Waals surface area contributed by atoms with Crippen LogP contribution in [-0.4, -0.2) is 25.2 Å². The van der Waals surface area contributed by atoms with Crippen molar-refractivity contribution >= 4 is 18.3 Å². The minimum absolute atomic E-state index is 0. The lowest BCUT2D eigenvalue weighted by Crippen LogP contribution is -2.47. The molecule has 1 aromatic rings. The van der Waals surface area contributed by atoms with Gasteiger partial charge in [-0.3, -0.25) is 4.79 Å². The van der Waals surface area contributed by atoms with Crippen molar-refractivity contribution in [2.24, 2.45) is 11.7 Å². The quantitative estimate of drug-likeness (QED) is 0.860. The summed E-state index contributed by atoms with van der Waals surface area (Å²) in [5, 5.41) is 2.77. The van der Waals surface area contributed by atoms with E-state index in [4.69, 9.17) is 10.5 Å². The first kappa shape index (κ1) is 20.7. The molecular formula is C16H22ClF3N2O2. The number of benzene rings is 1. The van der Waals surface area contributed by atoms with Crippen LogP contribution in [-0.2, 0) is 15.7 Å². The van der Waals surface area contributed by atoms with Gasteiger partial charge in [0.15, 0.2) is 0 Å². The maximum Gasteiger partial charge on any atom is 0.416 e. The molecule has 0 spiro atoms. The number of hydrogen-bond donors (Lipinski definition) is 2. The number of carbonyl (C=O) groups excluding carboxylic acids is 1. The van der Waals surface area contributed by atoms with Crippen LogP contribution in [0.25, 0.3) is 0 Å². The fraction of sp³-hybridized carbons (Fsp3) is 0.562. The summed E-state index contributed by atoms with van der Waals surface area (Å²) in [6.45, 7) is 2.91. The van der Waals surface area contributed by atoms with E-state index in [-0.39, 0.29) is 24.2 Å². The third-order valence-electron chi connectivity index (χ3n) is 4.17. The second kappa shape index (κ2) is 8.69. The highest BCUT2D eigenvalue weighted by Crippen LogP contribution is 2.30. The zero-order valence-electron chi connectivity index (χ0n) is 13.3. The summed E-state index contributed by atoms with van der Waals surface area (Å²) in [6, 6.07) is 3.72. The Kier molecular flexibility index (Phi) is 7.51.